The standard InChI is InChI=1S/C14H23N3O/c1-3-15-11(9-18-2)8-14-12-6-4-5-7-13(12)16-10-17-14/h10-11,15H,3-9H2,1-2H3. The fourth-order valence-electron chi connectivity index (χ4n) is 2.68. The van der Waals surface area contributed by atoms with Crippen molar-refractivity contribution >= 4 is 0 Å². The number of hydrogen-bond acceptors (Lipinski definition) is 4. The molecule has 1 heterocycles. The summed E-state index contributed by atoms with van der Waals surface area (Å²) in [6.07, 6.45) is 7.43. The lowest BCUT2D eigenvalue weighted by atomic mass is 9.93. The van der Waals surface area contributed by atoms with Gasteiger partial charge in [-0.25, -0.2) is 9.97 Å². The second kappa shape index (κ2) is 6.81. The third kappa shape index (κ3) is 3.27. The molecule has 0 bridgehead atoms. The first-order valence-electron chi connectivity index (χ1n) is 6.89. The second-order valence-electron chi connectivity index (χ2n) is 4.87. The van der Waals surface area contributed by atoms with Crippen molar-refractivity contribution in [3.8, 4) is 0 Å². The van der Waals surface area contributed by atoms with Gasteiger partial charge in [-0.1, -0.05) is 6.92 Å². The Bertz CT molecular complexity index is 375. The Morgan fingerprint density at radius 3 is 2.94 bits per heavy atom. The zero-order valence-electron chi connectivity index (χ0n) is 11.4. The minimum absolute atomic E-state index is 0.348. The summed E-state index contributed by atoms with van der Waals surface area (Å²) >= 11 is 0. The highest BCUT2D eigenvalue weighted by molar-refractivity contribution is 5.27. The zero-order chi connectivity index (χ0) is 12.8. The lowest BCUT2D eigenvalue weighted by molar-refractivity contribution is 0.166. The highest BCUT2D eigenvalue weighted by Crippen LogP contribution is 2.22. The summed E-state index contributed by atoms with van der Waals surface area (Å²) < 4.78 is 5.27. The normalized spacial score (nSPS) is 16.3. The molecule has 1 aliphatic carbocycles. The van der Waals surface area contributed by atoms with Crippen LogP contribution in [0.25, 0.3) is 0 Å². The maximum atomic E-state index is 5.27. The van der Waals surface area contributed by atoms with Crippen LogP contribution in [0.1, 0.15) is 36.7 Å². The van der Waals surface area contributed by atoms with Crippen LogP contribution in [-0.2, 0) is 24.0 Å². The van der Waals surface area contributed by atoms with Gasteiger partial charge in [0.15, 0.2) is 0 Å². The van der Waals surface area contributed by atoms with Crippen molar-refractivity contribution < 1.29 is 4.74 Å². The van der Waals surface area contributed by atoms with Crippen molar-refractivity contribution in [2.75, 3.05) is 20.3 Å². The van der Waals surface area contributed by atoms with Crippen molar-refractivity contribution in [3.63, 3.8) is 0 Å². The zero-order valence-corrected chi connectivity index (χ0v) is 11.4. The molecule has 1 aromatic heterocycles. The van der Waals surface area contributed by atoms with E-state index in [1.807, 2.05) is 0 Å². The van der Waals surface area contributed by atoms with Gasteiger partial charge in [0.1, 0.15) is 6.33 Å². The summed E-state index contributed by atoms with van der Waals surface area (Å²) in [6, 6.07) is 0.348. The minimum Gasteiger partial charge on any atom is -0.383 e. The molecule has 0 amide bonds. The quantitative estimate of drug-likeness (QED) is 0.830. The van der Waals surface area contributed by atoms with E-state index in [0.717, 1.165) is 32.4 Å². The van der Waals surface area contributed by atoms with E-state index in [0.29, 0.717) is 6.04 Å². The Morgan fingerprint density at radius 1 is 1.33 bits per heavy atom. The van der Waals surface area contributed by atoms with Crippen LogP contribution in [0.3, 0.4) is 0 Å². The largest absolute Gasteiger partial charge is 0.383 e. The third-order valence-corrected chi connectivity index (χ3v) is 3.51. The fraction of sp³-hybridized carbons (Fsp3) is 0.714. The molecule has 0 saturated heterocycles. The molecule has 1 atom stereocenters. The molecule has 18 heavy (non-hydrogen) atoms. The molecule has 4 nitrogen and oxygen atoms in total. The number of hydrogen-bond donors (Lipinski definition) is 1. The van der Waals surface area contributed by atoms with Crippen LogP contribution in [0.15, 0.2) is 6.33 Å². The van der Waals surface area contributed by atoms with Crippen LogP contribution in [0.2, 0.25) is 0 Å². The number of nitrogens with zero attached hydrogens (tertiary/aromatic N) is 2. The van der Waals surface area contributed by atoms with Crippen LogP contribution >= 0.6 is 0 Å². The number of ether oxygens (including phenoxy) is 1. The Morgan fingerprint density at radius 2 is 2.17 bits per heavy atom. The first-order chi connectivity index (χ1) is 8.85. The van der Waals surface area contributed by atoms with Gasteiger partial charge in [0.25, 0.3) is 0 Å². The molecular formula is C14H23N3O. The molecule has 1 aliphatic rings. The fourth-order valence-corrected chi connectivity index (χ4v) is 2.68. The van der Waals surface area contributed by atoms with Gasteiger partial charge in [-0.2, -0.15) is 0 Å². The average Bonchev–Trinajstić information content (AvgIpc) is 2.40. The summed E-state index contributed by atoms with van der Waals surface area (Å²) in [4.78, 5) is 8.91. The van der Waals surface area contributed by atoms with E-state index < -0.39 is 0 Å². The smallest absolute Gasteiger partial charge is 0.115 e. The molecule has 1 unspecified atom stereocenters. The Balaban J connectivity index is 2.12. The minimum atomic E-state index is 0.348. The average molecular weight is 249 g/mol. The molecule has 0 aromatic carbocycles. The van der Waals surface area contributed by atoms with Crippen LogP contribution in [-0.4, -0.2) is 36.3 Å². The summed E-state index contributed by atoms with van der Waals surface area (Å²) in [5, 5.41) is 3.45. The maximum absolute atomic E-state index is 5.27. The number of fused-ring (bicyclic) bond motifs is 1. The Labute approximate surface area is 109 Å². The molecule has 1 aromatic rings. The van der Waals surface area contributed by atoms with Crippen molar-refractivity contribution in [2.45, 2.75) is 45.1 Å². The maximum Gasteiger partial charge on any atom is 0.115 e. The van der Waals surface area contributed by atoms with E-state index in [1.54, 1.807) is 13.4 Å². The Kier molecular flexibility index (Phi) is 5.08. The molecule has 100 valence electrons. The lowest BCUT2D eigenvalue weighted by Crippen LogP contribution is -2.35. The predicted octanol–water partition coefficient (Wildman–Crippen LogP) is 1.52. The van der Waals surface area contributed by atoms with Gasteiger partial charge < -0.3 is 10.1 Å². The molecule has 4 heteroatoms. The summed E-state index contributed by atoms with van der Waals surface area (Å²) in [7, 11) is 1.75. The molecule has 0 saturated carbocycles. The van der Waals surface area contributed by atoms with Gasteiger partial charge in [0.2, 0.25) is 0 Å². The molecule has 2 rings (SSSR count). The number of rotatable bonds is 6. The molecule has 1 N–H and O–H groups in total. The van der Waals surface area contributed by atoms with Crippen molar-refractivity contribution in [1.82, 2.24) is 15.3 Å². The van der Waals surface area contributed by atoms with E-state index in [1.165, 1.54) is 29.8 Å². The second-order valence-corrected chi connectivity index (χ2v) is 4.87. The first-order valence-corrected chi connectivity index (χ1v) is 6.89. The van der Waals surface area contributed by atoms with E-state index >= 15 is 0 Å². The van der Waals surface area contributed by atoms with Gasteiger partial charge in [0, 0.05) is 31.0 Å². The van der Waals surface area contributed by atoms with E-state index in [-0.39, 0.29) is 0 Å². The Hall–Kier alpha value is -1.00. The van der Waals surface area contributed by atoms with Crippen LogP contribution in [0.5, 0.6) is 0 Å². The van der Waals surface area contributed by atoms with Gasteiger partial charge >= 0.3 is 0 Å². The van der Waals surface area contributed by atoms with Gasteiger partial charge in [-0.3, -0.25) is 0 Å². The first kappa shape index (κ1) is 13.4. The van der Waals surface area contributed by atoms with Crippen LogP contribution < -0.4 is 5.32 Å². The van der Waals surface area contributed by atoms with Crippen molar-refractivity contribution in [2.24, 2.45) is 0 Å². The van der Waals surface area contributed by atoms with E-state index in [4.69, 9.17) is 4.74 Å². The highest BCUT2D eigenvalue weighted by Gasteiger charge is 2.18. The number of methoxy groups -OCH3 is 1. The van der Waals surface area contributed by atoms with Gasteiger partial charge in [-0.05, 0) is 37.8 Å². The molecular weight excluding hydrogens is 226 g/mol. The number of aryl methyl sites for hydroxylation is 1. The summed E-state index contributed by atoms with van der Waals surface area (Å²) in [6.45, 7) is 3.81. The monoisotopic (exact) mass is 249 g/mol. The highest BCUT2D eigenvalue weighted by atomic mass is 16.5. The number of aromatic nitrogens is 2. The van der Waals surface area contributed by atoms with E-state index in [9.17, 15) is 0 Å². The summed E-state index contributed by atoms with van der Waals surface area (Å²) in [5.41, 5.74) is 3.87. The van der Waals surface area contributed by atoms with Crippen LogP contribution in [0.4, 0.5) is 0 Å². The number of likely N-dealkylation sites (N-methyl/N-ethyl adjacent to an activating group) is 1. The molecule has 0 fully saturated rings. The van der Waals surface area contributed by atoms with Gasteiger partial charge in [-0.15, -0.1) is 0 Å². The SMILES string of the molecule is CCNC(COC)Cc1ncnc2c1CCCC2. The predicted molar refractivity (Wildman–Crippen MR) is 71.7 cm³/mol. The third-order valence-electron chi connectivity index (χ3n) is 3.51. The molecule has 0 aliphatic heterocycles. The van der Waals surface area contributed by atoms with Gasteiger partial charge in [0.05, 0.1) is 6.61 Å². The lowest BCUT2D eigenvalue weighted by Gasteiger charge is -2.21. The van der Waals surface area contributed by atoms with Crippen molar-refractivity contribution in [1.29, 1.82) is 0 Å². The summed E-state index contributed by atoms with van der Waals surface area (Å²) in [5.74, 6) is 0. The van der Waals surface area contributed by atoms with Crippen LogP contribution in [0, 0.1) is 0 Å². The molecule has 0 radical (unpaired) electrons. The molecule has 0 spiro atoms. The van der Waals surface area contributed by atoms with E-state index in [2.05, 4.69) is 22.2 Å². The topological polar surface area (TPSA) is 47.0 Å². The number of nitrogens with one attached hydrogen (secondary N) is 1. The van der Waals surface area contributed by atoms with Crippen molar-refractivity contribution in [3.05, 3.63) is 23.3 Å².